The minimum Gasteiger partial charge on any atom is -0.480 e. The third-order valence-electron chi connectivity index (χ3n) is 12.5. The molecule has 0 aromatic heterocycles. The predicted molar refractivity (Wildman–Crippen MR) is 270 cm³/mol. The number of amides is 3. The van der Waals surface area contributed by atoms with Gasteiger partial charge in [0.05, 0.1) is 32.7 Å². The number of Topliss-reactive ketones (excluding diaryl/α,β-unsaturated/α-hetero) is 1. The van der Waals surface area contributed by atoms with Gasteiger partial charge in [0.25, 0.3) is 11.8 Å². The zero-order valence-electron chi connectivity index (χ0n) is 40.6. The van der Waals surface area contributed by atoms with Crippen molar-refractivity contribution in [1.82, 2.24) is 35.1 Å². The number of carboxylic acids is 5. The van der Waals surface area contributed by atoms with E-state index in [0.29, 0.717) is 12.1 Å². The standard InChI is InChI=1S/C50H62N8O14S.Gd/c59-40(26-37(24-34-8-11-35-5-1-2-6-36(35)23-34)48(70)53-41(49(71)72)7-3-4-16-58-42(60)14-15-43(58)61)27-51-50(73)52-38-12-9-33(10-13-38)25-39-28-56(31-46(66)67)20-19-54(29-44(62)63)17-18-55(30-45(64)65)21-22-57(39)32-47(68)69;/h1-2,5-6,8-15,23,37,39,41H,3-4,7,16-22,24-32H2,(H,53,70)(H,62,63)(H,64,65)(H,66,67)(H,68,69)(H,71,72)(H2,51,52,73);/t37-,39?,41+;/m1./s1. The summed E-state index contributed by atoms with van der Waals surface area (Å²) < 4.78 is 0. The van der Waals surface area contributed by atoms with Crippen molar-refractivity contribution in [3.63, 3.8) is 0 Å². The van der Waals surface area contributed by atoms with Gasteiger partial charge in [0, 0.05) is 129 Å². The molecule has 400 valence electrons. The van der Waals surface area contributed by atoms with Gasteiger partial charge >= 0.3 is 29.8 Å². The number of rotatable bonds is 25. The summed E-state index contributed by atoms with van der Waals surface area (Å²) in [7, 11) is 0. The molecule has 22 nitrogen and oxygen atoms in total. The Kier molecular flexibility index (Phi) is 25.0. The number of unbranched alkanes of at least 4 members (excludes halogenated alkanes) is 1. The number of imide groups is 1. The summed E-state index contributed by atoms with van der Waals surface area (Å²) in [5.74, 6) is -8.61. The van der Waals surface area contributed by atoms with Crippen molar-refractivity contribution in [2.75, 3.05) is 90.4 Å². The second-order valence-corrected chi connectivity index (χ2v) is 18.5. The fourth-order valence-electron chi connectivity index (χ4n) is 8.78. The summed E-state index contributed by atoms with van der Waals surface area (Å²) in [6.07, 6.45) is 3.07. The van der Waals surface area contributed by atoms with Crippen LogP contribution in [0.1, 0.15) is 36.8 Å². The fraction of sp³-hybridized carbons (Fsp3) is 0.440. The normalized spacial score (nSPS) is 17.0. The van der Waals surface area contributed by atoms with E-state index < -0.39 is 78.7 Å². The van der Waals surface area contributed by atoms with E-state index in [4.69, 9.17) is 12.2 Å². The number of fused-ring (bicyclic) bond motifs is 1. The number of ketones is 1. The van der Waals surface area contributed by atoms with Crippen LogP contribution >= 0.6 is 12.2 Å². The number of carboxylic acid groups (broad SMARTS) is 5. The van der Waals surface area contributed by atoms with E-state index in [1.54, 1.807) is 43.9 Å². The van der Waals surface area contributed by atoms with Crippen molar-refractivity contribution in [3.8, 4) is 0 Å². The second-order valence-electron chi connectivity index (χ2n) is 18.1. The molecule has 0 aliphatic carbocycles. The number of hydrogen-bond acceptors (Lipinski definition) is 14. The number of aliphatic carboxylic acids is 5. The van der Waals surface area contributed by atoms with Gasteiger partial charge in [-0.1, -0.05) is 54.6 Å². The molecule has 0 bridgehead atoms. The molecule has 3 amide bonds. The molecule has 1 fully saturated rings. The fourth-order valence-corrected chi connectivity index (χ4v) is 8.97. The average molecular weight is 1190 g/mol. The van der Waals surface area contributed by atoms with Gasteiger partial charge in [0.15, 0.2) is 10.9 Å². The van der Waals surface area contributed by atoms with E-state index in [0.717, 1.165) is 26.8 Å². The van der Waals surface area contributed by atoms with Gasteiger partial charge < -0.3 is 41.5 Å². The predicted octanol–water partition coefficient (Wildman–Crippen LogP) is 1.08. The quantitative estimate of drug-likeness (QED) is 0.0334. The number of nitrogens with one attached hydrogen (secondary N) is 3. The molecule has 0 saturated carbocycles. The van der Waals surface area contributed by atoms with Crippen molar-refractivity contribution in [2.45, 2.75) is 50.6 Å². The van der Waals surface area contributed by atoms with Gasteiger partial charge in [-0.25, -0.2) is 4.79 Å². The van der Waals surface area contributed by atoms with Crippen LogP contribution in [0.15, 0.2) is 78.9 Å². The van der Waals surface area contributed by atoms with Gasteiger partial charge in [0.1, 0.15) is 6.04 Å². The number of thiocarbonyl (C=S) groups is 1. The van der Waals surface area contributed by atoms with Crippen LogP contribution in [0, 0.1) is 45.9 Å². The first-order valence-corrected chi connectivity index (χ1v) is 24.2. The van der Waals surface area contributed by atoms with Crippen molar-refractivity contribution in [3.05, 3.63) is 90.0 Å². The Morgan fingerprint density at radius 2 is 1.22 bits per heavy atom. The molecule has 24 heteroatoms. The van der Waals surface area contributed by atoms with E-state index in [2.05, 4.69) is 16.0 Å². The first-order chi connectivity index (χ1) is 34.8. The second kappa shape index (κ2) is 30.5. The van der Waals surface area contributed by atoms with Crippen LogP contribution in [0.3, 0.4) is 0 Å². The molecule has 3 atom stereocenters. The van der Waals surface area contributed by atoms with Gasteiger partial charge in [-0.15, -0.1) is 0 Å². The Morgan fingerprint density at radius 1 is 0.662 bits per heavy atom. The van der Waals surface area contributed by atoms with Crippen molar-refractivity contribution in [1.29, 1.82) is 0 Å². The van der Waals surface area contributed by atoms with E-state index in [9.17, 15) is 68.7 Å². The summed E-state index contributed by atoms with van der Waals surface area (Å²) in [4.78, 5) is 119. The summed E-state index contributed by atoms with van der Waals surface area (Å²) in [5, 5.41) is 59.3. The van der Waals surface area contributed by atoms with E-state index in [-0.39, 0.29) is 155 Å². The smallest absolute Gasteiger partial charge is 0.326 e. The first-order valence-electron chi connectivity index (χ1n) is 23.8. The molecule has 2 aliphatic rings. The van der Waals surface area contributed by atoms with Crippen molar-refractivity contribution >= 4 is 87.1 Å². The van der Waals surface area contributed by atoms with E-state index in [1.807, 2.05) is 42.5 Å². The third kappa shape index (κ3) is 20.8. The van der Waals surface area contributed by atoms with Crippen LogP contribution in [-0.2, 0) is 56.0 Å². The maximum absolute atomic E-state index is 13.8. The first kappa shape index (κ1) is 60.7. The Morgan fingerprint density at radius 3 is 1.81 bits per heavy atom. The number of benzene rings is 3. The Balaban J connectivity index is 0.0000119. The number of nitrogens with zero attached hydrogens (tertiary/aromatic N) is 5. The minimum absolute atomic E-state index is 0. The van der Waals surface area contributed by atoms with Crippen LogP contribution < -0.4 is 16.0 Å². The monoisotopic (exact) mass is 1190 g/mol. The van der Waals surface area contributed by atoms with Crippen LogP contribution in [0.2, 0.25) is 0 Å². The van der Waals surface area contributed by atoms with Crippen LogP contribution in [0.5, 0.6) is 0 Å². The molecular formula is C50H62GdN8O14S. The maximum atomic E-state index is 13.8. The molecule has 1 saturated heterocycles. The molecule has 0 spiro atoms. The Hall–Kier alpha value is -5.86. The largest absolute Gasteiger partial charge is 0.480 e. The molecule has 3 aromatic carbocycles. The summed E-state index contributed by atoms with van der Waals surface area (Å²) in [5.41, 5.74) is 2.02. The van der Waals surface area contributed by atoms with Crippen LogP contribution in [-0.4, -0.2) is 206 Å². The summed E-state index contributed by atoms with van der Waals surface area (Å²) in [6, 6.07) is 18.4. The molecule has 3 aromatic rings. The summed E-state index contributed by atoms with van der Waals surface area (Å²) >= 11 is 5.50. The Bertz CT molecular complexity index is 2520. The van der Waals surface area contributed by atoms with E-state index in [1.165, 1.54) is 12.2 Å². The molecule has 1 unspecified atom stereocenters. The van der Waals surface area contributed by atoms with Crippen LogP contribution in [0.25, 0.3) is 10.8 Å². The Labute approximate surface area is 464 Å². The molecule has 74 heavy (non-hydrogen) atoms. The summed E-state index contributed by atoms with van der Waals surface area (Å²) in [6.45, 7) is -0.640. The number of carbonyl (C=O) groups excluding carboxylic acids is 4. The molecule has 2 aliphatic heterocycles. The molecule has 2 heterocycles. The molecule has 8 N–H and O–H groups in total. The van der Waals surface area contributed by atoms with Gasteiger partial charge in [-0.05, 0) is 78.4 Å². The third-order valence-corrected chi connectivity index (χ3v) is 12.7. The van der Waals surface area contributed by atoms with Gasteiger partial charge in [-0.3, -0.25) is 62.9 Å². The minimum atomic E-state index is -1.30. The zero-order valence-corrected chi connectivity index (χ0v) is 43.7. The number of hydrogen-bond donors (Lipinski definition) is 8. The van der Waals surface area contributed by atoms with Crippen LogP contribution in [0.4, 0.5) is 5.69 Å². The van der Waals surface area contributed by atoms with E-state index >= 15 is 0 Å². The molecule has 0 radical (unpaired) electrons. The zero-order chi connectivity index (χ0) is 53.0. The topological polar surface area (TPSA) is 307 Å². The number of anilines is 1. The maximum Gasteiger partial charge on any atom is 0.326 e. The van der Waals surface area contributed by atoms with Crippen molar-refractivity contribution < 1.29 is 109 Å². The van der Waals surface area contributed by atoms with Gasteiger partial charge in [0.2, 0.25) is 5.91 Å². The average Bonchev–Trinajstić information content (AvgIpc) is 3.65. The molecule has 5 rings (SSSR count). The number of carbonyl (C=O) groups is 9. The SMILES string of the molecule is O=C(O)CN1CCN(CC(=O)O)CCN(CC(=O)O)C(Cc2ccc(NC(=S)NCC(=O)C[C@@H](Cc3ccc4ccccc4c3)C(=O)N[C@@H](CCCCN3C(=O)C=CC3=O)C(=O)O)cc2)CN(CC(=O)O)CC1.[Gd]. The van der Waals surface area contributed by atoms with Crippen molar-refractivity contribution in [2.24, 2.45) is 5.92 Å². The van der Waals surface area contributed by atoms with Gasteiger partial charge in [-0.2, -0.15) is 0 Å². The molecular weight excluding hydrogens is 1130 g/mol.